The number of rotatable bonds is 2. The molecule has 0 saturated carbocycles. The number of nitriles is 1. The molecule has 0 aliphatic heterocycles. The molecule has 1 aromatic carbocycles. The first-order chi connectivity index (χ1) is 7.58. The number of imidazole rings is 1. The smallest absolute Gasteiger partial charge is 0.328 e. The first-order valence-electron chi connectivity index (χ1n) is 4.66. The van der Waals surface area contributed by atoms with E-state index in [1.165, 1.54) is 13.3 Å². The van der Waals surface area contributed by atoms with Crippen molar-refractivity contribution in [2.24, 2.45) is 0 Å². The predicted octanol–water partition coefficient (Wildman–Crippen LogP) is 1.43. The number of carbonyl (C=O) groups is 1. The van der Waals surface area contributed by atoms with Crippen molar-refractivity contribution in [3.8, 4) is 6.07 Å². The molecule has 0 bridgehead atoms. The van der Waals surface area contributed by atoms with Crippen LogP contribution in [0.2, 0.25) is 0 Å². The van der Waals surface area contributed by atoms with Crippen LogP contribution < -0.4 is 0 Å². The highest BCUT2D eigenvalue weighted by molar-refractivity contribution is 5.86. The SMILES string of the molecule is CC(C#N)(C(=O)O)c1ccc2nc[nH]c2c1. The van der Waals surface area contributed by atoms with Crippen molar-refractivity contribution in [1.29, 1.82) is 5.26 Å². The molecule has 5 heteroatoms. The average Bonchev–Trinajstić information content (AvgIpc) is 2.74. The van der Waals surface area contributed by atoms with E-state index in [1.54, 1.807) is 18.2 Å². The van der Waals surface area contributed by atoms with Crippen molar-refractivity contribution in [2.45, 2.75) is 12.3 Å². The molecule has 80 valence electrons. The second-order valence-corrected chi connectivity index (χ2v) is 3.68. The minimum atomic E-state index is -1.53. The van der Waals surface area contributed by atoms with E-state index in [1.807, 2.05) is 6.07 Å². The molecule has 0 fully saturated rings. The van der Waals surface area contributed by atoms with Gasteiger partial charge in [-0.05, 0) is 24.6 Å². The number of hydrogen-bond donors (Lipinski definition) is 2. The van der Waals surface area contributed by atoms with Crippen molar-refractivity contribution < 1.29 is 9.90 Å². The molecular weight excluding hydrogens is 206 g/mol. The van der Waals surface area contributed by atoms with Crippen LogP contribution in [0.3, 0.4) is 0 Å². The zero-order valence-corrected chi connectivity index (χ0v) is 8.56. The summed E-state index contributed by atoms with van der Waals surface area (Å²) in [4.78, 5) is 18.0. The van der Waals surface area contributed by atoms with Gasteiger partial charge in [0.1, 0.15) is 0 Å². The predicted molar refractivity (Wildman–Crippen MR) is 56.7 cm³/mol. The molecule has 1 unspecified atom stereocenters. The maximum absolute atomic E-state index is 11.1. The van der Waals surface area contributed by atoms with E-state index in [2.05, 4.69) is 9.97 Å². The first-order valence-corrected chi connectivity index (χ1v) is 4.66. The number of nitrogens with zero attached hydrogens (tertiary/aromatic N) is 2. The maximum Gasteiger partial charge on any atom is 0.328 e. The molecule has 5 nitrogen and oxygen atoms in total. The van der Waals surface area contributed by atoms with Gasteiger partial charge in [-0.2, -0.15) is 5.26 Å². The fraction of sp³-hybridized carbons (Fsp3) is 0.182. The quantitative estimate of drug-likeness (QED) is 0.792. The monoisotopic (exact) mass is 215 g/mol. The standard InChI is InChI=1S/C11H9N3O2/c1-11(5-12,10(15)16)7-2-3-8-9(4-7)14-6-13-8/h2-4,6H,1H3,(H,13,14)(H,15,16). The van der Waals surface area contributed by atoms with Crippen molar-refractivity contribution in [2.75, 3.05) is 0 Å². The molecule has 0 spiro atoms. The van der Waals surface area contributed by atoms with Gasteiger partial charge in [0.2, 0.25) is 0 Å². The molecular formula is C11H9N3O2. The topological polar surface area (TPSA) is 89.8 Å². The summed E-state index contributed by atoms with van der Waals surface area (Å²) in [5, 5.41) is 18.0. The van der Waals surface area contributed by atoms with Crippen LogP contribution in [0.4, 0.5) is 0 Å². The number of nitrogens with one attached hydrogen (secondary N) is 1. The van der Waals surface area contributed by atoms with Crippen LogP contribution in [0.25, 0.3) is 11.0 Å². The van der Waals surface area contributed by atoms with Crippen LogP contribution >= 0.6 is 0 Å². The number of aliphatic carboxylic acids is 1. The van der Waals surface area contributed by atoms with Gasteiger partial charge in [0.25, 0.3) is 0 Å². The molecule has 2 N–H and O–H groups in total. The summed E-state index contributed by atoms with van der Waals surface area (Å²) in [6.45, 7) is 1.38. The van der Waals surface area contributed by atoms with Crippen LogP contribution in [0.5, 0.6) is 0 Å². The van der Waals surface area contributed by atoms with Gasteiger partial charge in [0.05, 0.1) is 23.4 Å². The summed E-state index contributed by atoms with van der Waals surface area (Å²) in [5.74, 6) is -1.16. The number of carboxylic acids is 1. The third-order valence-corrected chi connectivity index (χ3v) is 2.65. The second kappa shape index (κ2) is 3.35. The number of H-pyrrole nitrogens is 1. The molecule has 1 atom stereocenters. The Bertz CT molecular complexity index is 597. The Labute approximate surface area is 91.3 Å². The van der Waals surface area contributed by atoms with Gasteiger partial charge in [0.15, 0.2) is 5.41 Å². The number of aromatic nitrogens is 2. The van der Waals surface area contributed by atoms with Gasteiger partial charge in [-0.1, -0.05) is 6.07 Å². The number of hydrogen-bond acceptors (Lipinski definition) is 3. The summed E-state index contributed by atoms with van der Waals surface area (Å²) in [5.41, 5.74) is 0.383. The Morgan fingerprint density at radius 1 is 1.62 bits per heavy atom. The number of carboxylic acid groups (broad SMARTS) is 1. The molecule has 0 radical (unpaired) electrons. The highest BCUT2D eigenvalue weighted by atomic mass is 16.4. The minimum absolute atomic E-state index is 0.444. The zero-order chi connectivity index (χ0) is 11.8. The van der Waals surface area contributed by atoms with Gasteiger partial charge >= 0.3 is 5.97 Å². The highest BCUT2D eigenvalue weighted by Gasteiger charge is 2.35. The first kappa shape index (κ1) is 10.2. The normalized spacial score (nSPS) is 14.2. The van der Waals surface area contributed by atoms with Crippen molar-refractivity contribution in [3.63, 3.8) is 0 Å². The van der Waals surface area contributed by atoms with Gasteiger partial charge in [-0.15, -0.1) is 0 Å². The number of fused-ring (bicyclic) bond motifs is 1. The lowest BCUT2D eigenvalue weighted by molar-refractivity contribution is -0.140. The van der Waals surface area contributed by atoms with E-state index < -0.39 is 11.4 Å². The third kappa shape index (κ3) is 1.32. The van der Waals surface area contributed by atoms with Gasteiger partial charge in [-0.3, -0.25) is 4.79 Å². The second-order valence-electron chi connectivity index (χ2n) is 3.68. The van der Waals surface area contributed by atoms with Gasteiger partial charge < -0.3 is 10.1 Å². The Morgan fingerprint density at radius 2 is 2.38 bits per heavy atom. The molecule has 0 amide bonds. The van der Waals surface area contributed by atoms with Crippen molar-refractivity contribution >= 4 is 17.0 Å². The van der Waals surface area contributed by atoms with Crippen LogP contribution in [0.1, 0.15) is 12.5 Å². The molecule has 2 rings (SSSR count). The van der Waals surface area contributed by atoms with E-state index >= 15 is 0 Å². The van der Waals surface area contributed by atoms with Crippen LogP contribution in [0, 0.1) is 11.3 Å². The third-order valence-electron chi connectivity index (χ3n) is 2.65. The van der Waals surface area contributed by atoms with Crippen molar-refractivity contribution in [1.82, 2.24) is 9.97 Å². The van der Waals surface area contributed by atoms with Crippen molar-refractivity contribution in [3.05, 3.63) is 30.1 Å². The van der Waals surface area contributed by atoms with Crippen LogP contribution in [-0.4, -0.2) is 21.0 Å². The minimum Gasteiger partial charge on any atom is -0.480 e. The summed E-state index contributed by atoms with van der Waals surface area (Å²) in [6, 6.07) is 6.76. The molecule has 0 saturated heterocycles. The summed E-state index contributed by atoms with van der Waals surface area (Å²) < 4.78 is 0. The van der Waals surface area contributed by atoms with E-state index in [9.17, 15) is 4.79 Å². The molecule has 0 aliphatic carbocycles. The molecule has 2 aromatic rings. The maximum atomic E-state index is 11.1. The molecule has 0 aliphatic rings. The lowest BCUT2D eigenvalue weighted by Crippen LogP contribution is -2.30. The fourth-order valence-electron chi connectivity index (χ4n) is 1.48. The summed E-state index contributed by atoms with van der Waals surface area (Å²) in [7, 11) is 0. The largest absolute Gasteiger partial charge is 0.480 e. The zero-order valence-electron chi connectivity index (χ0n) is 8.56. The van der Waals surface area contributed by atoms with E-state index in [0.717, 1.165) is 11.0 Å². The molecule has 1 heterocycles. The Hall–Kier alpha value is -2.35. The summed E-state index contributed by atoms with van der Waals surface area (Å²) >= 11 is 0. The molecule has 1 aromatic heterocycles. The van der Waals surface area contributed by atoms with Gasteiger partial charge in [-0.25, -0.2) is 4.98 Å². The fourth-order valence-corrected chi connectivity index (χ4v) is 1.48. The number of aromatic amines is 1. The Kier molecular flexibility index (Phi) is 2.13. The number of benzene rings is 1. The van der Waals surface area contributed by atoms with Gasteiger partial charge in [0, 0.05) is 0 Å². The van der Waals surface area contributed by atoms with E-state index in [4.69, 9.17) is 10.4 Å². The molecule has 16 heavy (non-hydrogen) atoms. The Balaban J connectivity index is 2.63. The Morgan fingerprint density at radius 3 is 3.00 bits per heavy atom. The summed E-state index contributed by atoms with van der Waals surface area (Å²) in [6.07, 6.45) is 1.53. The lowest BCUT2D eigenvalue weighted by atomic mass is 9.84. The van der Waals surface area contributed by atoms with Crippen LogP contribution in [-0.2, 0) is 10.2 Å². The highest BCUT2D eigenvalue weighted by Crippen LogP contribution is 2.25. The average molecular weight is 215 g/mol. The lowest BCUT2D eigenvalue weighted by Gasteiger charge is -2.16. The van der Waals surface area contributed by atoms with Crippen LogP contribution in [0.15, 0.2) is 24.5 Å². The van der Waals surface area contributed by atoms with E-state index in [0.29, 0.717) is 5.56 Å². The van der Waals surface area contributed by atoms with E-state index in [-0.39, 0.29) is 0 Å².